The van der Waals surface area contributed by atoms with Crippen molar-refractivity contribution in [3.05, 3.63) is 64.1 Å². The number of fused-ring (bicyclic) bond motifs is 1. The fourth-order valence-corrected chi connectivity index (χ4v) is 4.33. The highest BCUT2D eigenvalue weighted by Gasteiger charge is 2.33. The molecular weight excluding hydrogens is 438 g/mol. The number of aromatic nitrogens is 1. The number of nitriles is 1. The lowest BCUT2D eigenvalue weighted by Crippen LogP contribution is -2.42. The minimum atomic E-state index is -0.838. The van der Waals surface area contributed by atoms with Gasteiger partial charge in [-0.25, -0.2) is 4.79 Å². The molecule has 1 aromatic carbocycles. The predicted octanol–water partition coefficient (Wildman–Crippen LogP) is 1.62. The Morgan fingerprint density at radius 3 is 2.68 bits per heavy atom. The standard InChI is InChI=1S/C24H25N5O5/c25-13-17(12-16-10-11-26-21(16)30)27-22(31)20-9-7-18-6-8-19(23(32)29(18)20)28-24(33)34-14-15-4-2-1-3-5-15/h1-6,8,16-17,20H,7,9-12,14H2,(H,26,30)(H,27,31)(H,28,33)/t16-,17-,20-/m0/s1. The first kappa shape index (κ1) is 23.0. The minimum absolute atomic E-state index is 0.000900. The molecule has 3 N–H and O–H groups in total. The summed E-state index contributed by atoms with van der Waals surface area (Å²) in [6, 6.07) is 12.7. The van der Waals surface area contributed by atoms with E-state index in [2.05, 4.69) is 16.0 Å². The lowest BCUT2D eigenvalue weighted by molar-refractivity contribution is -0.126. The molecule has 34 heavy (non-hydrogen) atoms. The molecule has 3 atom stereocenters. The van der Waals surface area contributed by atoms with Crippen molar-refractivity contribution in [3.8, 4) is 6.07 Å². The number of ether oxygens (including phenoxy) is 1. The second-order valence-corrected chi connectivity index (χ2v) is 8.36. The summed E-state index contributed by atoms with van der Waals surface area (Å²) in [5.41, 5.74) is 0.954. The van der Waals surface area contributed by atoms with Gasteiger partial charge in [0.15, 0.2) is 0 Å². The van der Waals surface area contributed by atoms with E-state index in [9.17, 15) is 24.4 Å². The predicted molar refractivity (Wildman–Crippen MR) is 122 cm³/mol. The quantitative estimate of drug-likeness (QED) is 0.570. The van der Waals surface area contributed by atoms with E-state index < -0.39 is 29.6 Å². The summed E-state index contributed by atoms with van der Waals surface area (Å²) >= 11 is 0. The maximum atomic E-state index is 13.1. The van der Waals surface area contributed by atoms with Crippen molar-refractivity contribution in [1.82, 2.24) is 15.2 Å². The lowest BCUT2D eigenvalue weighted by atomic mass is 9.99. The number of hydrogen-bond acceptors (Lipinski definition) is 6. The van der Waals surface area contributed by atoms with Crippen LogP contribution >= 0.6 is 0 Å². The molecule has 0 unspecified atom stereocenters. The summed E-state index contributed by atoms with van der Waals surface area (Å²) in [5, 5.41) is 17.3. The summed E-state index contributed by atoms with van der Waals surface area (Å²) in [5.74, 6) is -0.900. The number of nitrogens with one attached hydrogen (secondary N) is 3. The average Bonchev–Trinajstić information content (AvgIpc) is 3.46. The summed E-state index contributed by atoms with van der Waals surface area (Å²) in [6.45, 7) is 0.614. The number of carbonyl (C=O) groups excluding carboxylic acids is 3. The van der Waals surface area contributed by atoms with E-state index in [1.165, 1.54) is 10.6 Å². The molecule has 1 saturated heterocycles. The molecule has 0 radical (unpaired) electrons. The Morgan fingerprint density at radius 2 is 1.97 bits per heavy atom. The van der Waals surface area contributed by atoms with Gasteiger partial charge in [0.1, 0.15) is 24.4 Å². The van der Waals surface area contributed by atoms with Gasteiger partial charge in [-0.05, 0) is 43.4 Å². The van der Waals surface area contributed by atoms with E-state index >= 15 is 0 Å². The topological polar surface area (TPSA) is 142 Å². The zero-order valence-corrected chi connectivity index (χ0v) is 18.5. The number of rotatable bonds is 7. The fourth-order valence-electron chi connectivity index (χ4n) is 4.33. The smallest absolute Gasteiger partial charge is 0.412 e. The molecule has 2 aliphatic rings. The second kappa shape index (κ2) is 10.2. The first-order chi connectivity index (χ1) is 16.5. The average molecular weight is 463 g/mol. The second-order valence-electron chi connectivity index (χ2n) is 8.36. The Hall–Kier alpha value is -4.13. The van der Waals surface area contributed by atoms with Crippen molar-refractivity contribution in [1.29, 1.82) is 5.26 Å². The highest BCUT2D eigenvalue weighted by atomic mass is 16.5. The van der Waals surface area contributed by atoms with Gasteiger partial charge in [-0.2, -0.15) is 5.26 Å². The van der Waals surface area contributed by atoms with Crippen LogP contribution in [0.5, 0.6) is 0 Å². The Kier molecular flexibility index (Phi) is 6.92. The first-order valence-electron chi connectivity index (χ1n) is 11.2. The maximum Gasteiger partial charge on any atom is 0.412 e. The molecule has 3 amide bonds. The third-order valence-corrected chi connectivity index (χ3v) is 6.09. The van der Waals surface area contributed by atoms with Crippen LogP contribution in [-0.4, -0.2) is 35.1 Å². The number of carbonyl (C=O) groups is 3. The van der Waals surface area contributed by atoms with Crippen LogP contribution in [0.25, 0.3) is 0 Å². The molecule has 176 valence electrons. The SMILES string of the molecule is N#C[C@H](C[C@@H]1CCNC1=O)NC(=O)[C@@H]1CCc2ccc(NC(=O)OCc3ccccc3)c(=O)n21. The van der Waals surface area contributed by atoms with Gasteiger partial charge in [0.05, 0.1) is 6.07 Å². The van der Waals surface area contributed by atoms with E-state index in [4.69, 9.17) is 4.74 Å². The summed E-state index contributed by atoms with van der Waals surface area (Å²) in [4.78, 5) is 50.0. The third-order valence-electron chi connectivity index (χ3n) is 6.09. The Morgan fingerprint density at radius 1 is 1.18 bits per heavy atom. The Labute approximate surface area is 195 Å². The molecule has 0 saturated carbocycles. The van der Waals surface area contributed by atoms with E-state index in [-0.39, 0.29) is 30.5 Å². The molecule has 3 heterocycles. The molecule has 0 aliphatic carbocycles. The van der Waals surface area contributed by atoms with Crippen LogP contribution in [0.2, 0.25) is 0 Å². The van der Waals surface area contributed by atoms with E-state index in [1.807, 2.05) is 36.4 Å². The number of amides is 3. The van der Waals surface area contributed by atoms with Gasteiger partial charge in [-0.1, -0.05) is 30.3 Å². The number of anilines is 1. The monoisotopic (exact) mass is 463 g/mol. The molecule has 2 aromatic rings. The van der Waals surface area contributed by atoms with Crippen LogP contribution in [0.3, 0.4) is 0 Å². The van der Waals surface area contributed by atoms with Gasteiger partial charge in [0, 0.05) is 18.2 Å². The van der Waals surface area contributed by atoms with Crippen molar-refractivity contribution < 1.29 is 19.1 Å². The largest absolute Gasteiger partial charge is 0.444 e. The summed E-state index contributed by atoms with van der Waals surface area (Å²) in [7, 11) is 0. The molecule has 4 rings (SSSR count). The number of hydrogen-bond donors (Lipinski definition) is 3. The number of nitrogens with zero attached hydrogens (tertiary/aromatic N) is 2. The maximum absolute atomic E-state index is 13.1. The van der Waals surface area contributed by atoms with Crippen LogP contribution < -0.4 is 21.5 Å². The third kappa shape index (κ3) is 5.09. The van der Waals surface area contributed by atoms with Crippen molar-refractivity contribution in [2.45, 2.75) is 44.4 Å². The van der Waals surface area contributed by atoms with Crippen LogP contribution in [0.1, 0.15) is 36.6 Å². The number of benzene rings is 1. The van der Waals surface area contributed by atoms with Crippen molar-refractivity contribution in [2.75, 3.05) is 11.9 Å². The zero-order chi connectivity index (χ0) is 24.1. The van der Waals surface area contributed by atoms with Crippen LogP contribution in [-0.2, 0) is 27.4 Å². The summed E-state index contributed by atoms with van der Waals surface area (Å²) in [6.07, 6.45) is 0.963. The van der Waals surface area contributed by atoms with Gasteiger partial charge in [-0.3, -0.25) is 24.3 Å². The van der Waals surface area contributed by atoms with Gasteiger partial charge < -0.3 is 15.4 Å². The van der Waals surface area contributed by atoms with Crippen LogP contribution in [0.4, 0.5) is 10.5 Å². The fraction of sp³-hybridized carbons (Fsp3) is 0.375. The Balaban J connectivity index is 1.42. The molecule has 0 bridgehead atoms. The molecule has 2 aliphatic heterocycles. The normalized spacial score (nSPS) is 19.4. The van der Waals surface area contributed by atoms with Gasteiger partial charge >= 0.3 is 6.09 Å². The minimum Gasteiger partial charge on any atom is -0.444 e. The first-order valence-corrected chi connectivity index (χ1v) is 11.2. The van der Waals surface area contributed by atoms with Gasteiger partial charge in [0.25, 0.3) is 5.56 Å². The molecule has 0 spiro atoms. The zero-order valence-electron chi connectivity index (χ0n) is 18.5. The van der Waals surface area contributed by atoms with E-state index in [0.29, 0.717) is 31.5 Å². The van der Waals surface area contributed by atoms with Gasteiger partial charge in [0.2, 0.25) is 11.8 Å². The van der Waals surface area contributed by atoms with Crippen molar-refractivity contribution >= 4 is 23.6 Å². The molecule has 1 aromatic heterocycles. The highest BCUT2D eigenvalue weighted by molar-refractivity contribution is 5.85. The lowest BCUT2D eigenvalue weighted by Gasteiger charge is -2.19. The molecule has 10 heteroatoms. The highest BCUT2D eigenvalue weighted by Crippen LogP contribution is 2.25. The van der Waals surface area contributed by atoms with Crippen molar-refractivity contribution in [3.63, 3.8) is 0 Å². The molecular formula is C24H25N5O5. The molecule has 1 fully saturated rings. The number of pyridine rings is 1. The Bertz CT molecular complexity index is 1190. The van der Waals surface area contributed by atoms with Crippen LogP contribution in [0.15, 0.2) is 47.3 Å². The summed E-state index contributed by atoms with van der Waals surface area (Å²) < 4.78 is 6.52. The molecule has 10 nitrogen and oxygen atoms in total. The number of aryl methyl sites for hydroxylation is 1. The van der Waals surface area contributed by atoms with Gasteiger partial charge in [-0.15, -0.1) is 0 Å². The van der Waals surface area contributed by atoms with E-state index in [1.54, 1.807) is 6.07 Å². The van der Waals surface area contributed by atoms with Crippen molar-refractivity contribution in [2.24, 2.45) is 5.92 Å². The van der Waals surface area contributed by atoms with Crippen LogP contribution in [0, 0.1) is 17.2 Å². The van der Waals surface area contributed by atoms with E-state index in [0.717, 1.165) is 5.56 Å².